The van der Waals surface area contributed by atoms with E-state index in [2.05, 4.69) is 5.32 Å². The Kier molecular flexibility index (Phi) is 4.42. The molecule has 0 bridgehead atoms. The minimum Gasteiger partial charge on any atom is -0.481 e. The molecule has 6 heteroatoms. The fraction of sp³-hybridized carbons (Fsp3) is 0.571. The van der Waals surface area contributed by atoms with Gasteiger partial charge < -0.3 is 14.8 Å². The van der Waals surface area contributed by atoms with E-state index in [9.17, 15) is 14.7 Å². The molecule has 1 heterocycles. The summed E-state index contributed by atoms with van der Waals surface area (Å²) >= 11 is 1.42. The third-order valence-electron chi connectivity index (χ3n) is 3.91. The molecule has 2 unspecified atom stereocenters. The van der Waals surface area contributed by atoms with Crippen LogP contribution in [0, 0.1) is 5.92 Å². The topological polar surface area (TPSA) is 79.5 Å². The predicted molar refractivity (Wildman–Crippen MR) is 76.0 cm³/mol. The maximum absolute atomic E-state index is 12.2. The summed E-state index contributed by atoms with van der Waals surface area (Å²) in [4.78, 5) is 23.6. The maximum atomic E-state index is 12.2. The Balaban J connectivity index is 2.13. The minimum absolute atomic E-state index is 0.227. The largest absolute Gasteiger partial charge is 0.481 e. The summed E-state index contributed by atoms with van der Waals surface area (Å²) in [5.74, 6) is -1.52. The van der Waals surface area contributed by atoms with Crippen LogP contribution in [0.3, 0.4) is 0 Å². The fourth-order valence-electron chi connectivity index (χ4n) is 2.75. The Morgan fingerprint density at radius 3 is 2.80 bits per heavy atom. The molecule has 1 aliphatic rings. The Bertz CT molecular complexity index is 513. The van der Waals surface area contributed by atoms with Crippen molar-refractivity contribution in [2.75, 3.05) is 6.26 Å². The number of hydrogen-bond acceptors (Lipinski definition) is 4. The van der Waals surface area contributed by atoms with E-state index in [1.807, 2.05) is 6.26 Å². The molecule has 0 aromatic carbocycles. The van der Waals surface area contributed by atoms with E-state index in [1.165, 1.54) is 11.8 Å². The quantitative estimate of drug-likeness (QED) is 0.835. The van der Waals surface area contributed by atoms with Gasteiger partial charge in [0.05, 0.1) is 11.5 Å². The molecule has 110 valence electrons. The lowest BCUT2D eigenvalue weighted by atomic mass is 9.74. The van der Waals surface area contributed by atoms with Crippen molar-refractivity contribution in [3.05, 3.63) is 17.9 Å². The number of hydrogen-bond donors (Lipinski definition) is 2. The SMILES string of the molecule is CSc1ccc(C(=O)NC2(C)CCCCC2C(=O)O)o1. The zero-order valence-corrected chi connectivity index (χ0v) is 12.5. The molecule has 0 radical (unpaired) electrons. The van der Waals surface area contributed by atoms with Crippen LogP contribution in [0.5, 0.6) is 0 Å². The van der Waals surface area contributed by atoms with Gasteiger partial charge in [0.2, 0.25) is 0 Å². The normalized spacial score (nSPS) is 26.2. The van der Waals surface area contributed by atoms with Crippen molar-refractivity contribution < 1.29 is 19.1 Å². The van der Waals surface area contributed by atoms with Gasteiger partial charge in [-0.15, -0.1) is 0 Å². The van der Waals surface area contributed by atoms with Crippen molar-refractivity contribution in [2.45, 2.75) is 43.2 Å². The standard InChI is InChI=1S/C14H19NO4S/c1-14(8-4-3-5-9(14)13(17)18)15-12(16)10-6-7-11(19-10)20-2/h6-7,9H,3-5,8H2,1-2H3,(H,15,16)(H,17,18). The third kappa shape index (κ3) is 3.00. The van der Waals surface area contributed by atoms with E-state index >= 15 is 0 Å². The van der Waals surface area contributed by atoms with Crippen molar-refractivity contribution >= 4 is 23.6 Å². The van der Waals surface area contributed by atoms with Crippen molar-refractivity contribution in [1.82, 2.24) is 5.32 Å². The lowest BCUT2D eigenvalue weighted by molar-refractivity contribution is -0.145. The van der Waals surface area contributed by atoms with Crippen LogP contribution in [0.1, 0.15) is 43.2 Å². The monoisotopic (exact) mass is 297 g/mol. The van der Waals surface area contributed by atoms with Crippen molar-refractivity contribution in [1.29, 1.82) is 0 Å². The van der Waals surface area contributed by atoms with Gasteiger partial charge in [-0.25, -0.2) is 0 Å². The van der Waals surface area contributed by atoms with E-state index in [1.54, 1.807) is 19.1 Å². The molecule has 1 aromatic heterocycles. The summed E-state index contributed by atoms with van der Waals surface area (Å²) in [5.41, 5.74) is -0.715. The highest BCUT2D eigenvalue weighted by atomic mass is 32.2. The summed E-state index contributed by atoms with van der Waals surface area (Å²) in [5, 5.41) is 12.8. The van der Waals surface area contributed by atoms with Crippen LogP contribution < -0.4 is 5.32 Å². The molecule has 1 fully saturated rings. The van der Waals surface area contributed by atoms with Gasteiger partial charge in [0.15, 0.2) is 10.9 Å². The second-order valence-corrected chi connectivity index (χ2v) is 6.14. The van der Waals surface area contributed by atoms with Crippen LogP contribution in [0.25, 0.3) is 0 Å². The second-order valence-electron chi connectivity index (χ2n) is 5.33. The number of thioether (sulfide) groups is 1. The van der Waals surface area contributed by atoms with E-state index in [0.717, 1.165) is 12.8 Å². The zero-order valence-electron chi connectivity index (χ0n) is 11.6. The van der Waals surface area contributed by atoms with Crippen LogP contribution in [0.15, 0.2) is 21.6 Å². The van der Waals surface area contributed by atoms with Crippen LogP contribution >= 0.6 is 11.8 Å². The highest BCUT2D eigenvalue weighted by molar-refractivity contribution is 7.98. The third-order valence-corrected chi connectivity index (χ3v) is 4.53. The average molecular weight is 297 g/mol. The average Bonchev–Trinajstić information content (AvgIpc) is 2.87. The van der Waals surface area contributed by atoms with Crippen LogP contribution in [0.2, 0.25) is 0 Å². The molecule has 0 aliphatic heterocycles. The Hall–Kier alpha value is -1.43. The number of nitrogens with one attached hydrogen (secondary N) is 1. The van der Waals surface area contributed by atoms with Gasteiger partial charge in [0.25, 0.3) is 5.91 Å². The summed E-state index contributed by atoms with van der Waals surface area (Å²) in [6.07, 6.45) is 4.95. The number of carboxylic acids is 1. The molecule has 1 amide bonds. The van der Waals surface area contributed by atoms with Crippen molar-refractivity contribution in [3.63, 3.8) is 0 Å². The van der Waals surface area contributed by atoms with E-state index in [4.69, 9.17) is 4.42 Å². The fourth-order valence-corrected chi connectivity index (χ4v) is 3.13. The number of rotatable bonds is 4. The first-order valence-electron chi connectivity index (χ1n) is 6.65. The van der Waals surface area contributed by atoms with Crippen LogP contribution in [-0.2, 0) is 4.79 Å². The molecule has 0 spiro atoms. The zero-order chi connectivity index (χ0) is 14.8. The number of amides is 1. The Labute approximate surface area is 122 Å². The lowest BCUT2D eigenvalue weighted by Gasteiger charge is -2.39. The maximum Gasteiger partial charge on any atom is 0.308 e. The first-order valence-corrected chi connectivity index (χ1v) is 7.88. The Morgan fingerprint density at radius 2 is 2.20 bits per heavy atom. The molecule has 5 nitrogen and oxygen atoms in total. The summed E-state index contributed by atoms with van der Waals surface area (Å²) in [7, 11) is 0. The molecular formula is C14H19NO4S. The van der Waals surface area contributed by atoms with Gasteiger partial charge in [-0.3, -0.25) is 9.59 Å². The van der Waals surface area contributed by atoms with Gasteiger partial charge in [-0.05, 0) is 38.2 Å². The minimum atomic E-state index is -0.850. The van der Waals surface area contributed by atoms with Gasteiger partial charge in [-0.2, -0.15) is 0 Å². The Morgan fingerprint density at radius 1 is 1.45 bits per heavy atom. The van der Waals surface area contributed by atoms with E-state index in [0.29, 0.717) is 17.9 Å². The summed E-state index contributed by atoms with van der Waals surface area (Å²) in [6, 6.07) is 3.35. The molecule has 20 heavy (non-hydrogen) atoms. The number of carbonyl (C=O) groups is 2. The van der Waals surface area contributed by atoms with Gasteiger partial charge in [0, 0.05) is 0 Å². The lowest BCUT2D eigenvalue weighted by Crippen LogP contribution is -2.55. The molecule has 1 saturated carbocycles. The predicted octanol–water partition coefficient (Wildman–Crippen LogP) is 2.76. The number of furan rings is 1. The van der Waals surface area contributed by atoms with Gasteiger partial charge in [-0.1, -0.05) is 24.6 Å². The number of carbonyl (C=O) groups excluding carboxylic acids is 1. The van der Waals surface area contributed by atoms with Gasteiger partial charge >= 0.3 is 5.97 Å². The van der Waals surface area contributed by atoms with E-state index in [-0.39, 0.29) is 11.7 Å². The van der Waals surface area contributed by atoms with Crippen LogP contribution in [-0.4, -0.2) is 28.8 Å². The smallest absolute Gasteiger partial charge is 0.308 e. The first-order chi connectivity index (χ1) is 9.46. The van der Waals surface area contributed by atoms with E-state index < -0.39 is 17.4 Å². The number of carboxylic acid groups (broad SMARTS) is 1. The molecule has 2 atom stereocenters. The molecule has 2 N–H and O–H groups in total. The molecule has 1 aromatic rings. The molecular weight excluding hydrogens is 278 g/mol. The second kappa shape index (κ2) is 5.91. The number of aliphatic carboxylic acids is 1. The highest BCUT2D eigenvalue weighted by Gasteiger charge is 2.42. The molecule has 2 rings (SSSR count). The molecule has 1 aliphatic carbocycles. The summed E-state index contributed by atoms with van der Waals surface area (Å²) in [6.45, 7) is 1.81. The van der Waals surface area contributed by atoms with Crippen LogP contribution in [0.4, 0.5) is 0 Å². The highest BCUT2D eigenvalue weighted by Crippen LogP contribution is 2.34. The van der Waals surface area contributed by atoms with Gasteiger partial charge in [0.1, 0.15) is 0 Å². The first kappa shape index (κ1) is 15.0. The summed E-state index contributed by atoms with van der Waals surface area (Å²) < 4.78 is 5.38. The van der Waals surface area contributed by atoms with Crippen molar-refractivity contribution in [3.8, 4) is 0 Å². The molecule has 0 saturated heterocycles. The van der Waals surface area contributed by atoms with Crippen molar-refractivity contribution in [2.24, 2.45) is 5.92 Å².